The first kappa shape index (κ1) is 14.9. The molecule has 20 heavy (non-hydrogen) atoms. The van der Waals surface area contributed by atoms with E-state index >= 15 is 0 Å². The Balaban J connectivity index is 2.00. The lowest BCUT2D eigenvalue weighted by atomic mass is 10.1. The van der Waals surface area contributed by atoms with Gasteiger partial charge < -0.3 is 10.2 Å². The number of amides is 2. The number of hydrogen-bond acceptors (Lipinski definition) is 2. The van der Waals surface area contributed by atoms with Crippen molar-refractivity contribution in [3.63, 3.8) is 0 Å². The van der Waals surface area contributed by atoms with Gasteiger partial charge >= 0.3 is 0 Å². The second kappa shape index (κ2) is 6.75. The summed E-state index contributed by atoms with van der Waals surface area (Å²) in [7, 11) is 0. The smallest absolute Gasteiger partial charge is 0.227 e. The summed E-state index contributed by atoms with van der Waals surface area (Å²) in [5.41, 5.74) is 1.94. The van der Waals surface area contributed by atoms with Crippen molar-refractivity contribution < 1.29 is 9.59 Å². The quantitative estimate of drug-likeness (QED) is 0.668. The number of nitrogens with zero attached hydrogens (tertiary/aromatic N) is 1. The Labute approximate surface area is 124 Å². The molecule has 0 bridgehead atoms. The van der Waals surface area contributed by atoms with Gasteiger partial charge in [0.15, 0.2) is 0 Å². The van der Waals surface area contributed by atoms with Gasteiger partial charge in [-0.2, -0.15) is 0 Å². The summed E-state index contributed by atoms with van der Waals surface area (Å²) in [6, 6.07) is 7.73. The first-order valence-electron chi connectivity index (χ1n) is 6.83. The predicted molar refractivity (Wildman–Crippen MR) is 80.0 cm³/mol. The number of anilines is 1. The summed E-state index contributed by atoms with van der Waals surface area (Å²) >= 11 is 5.57. The highest BCUT2D eigenvalue weighted by Crippen LogP contribution is 2.27. The van der Waals surface area contributed by atoms with Crippen molar-refractivity contribution in [2.24, 2.45) is 5.92 Å². The molecular formula is C15H19ClN2O2. The summed E-state index contributed by atoms with van der Waals surface area (Å²) in [4.78, 5) is 25.8. The Morgan fingerprint density at radius 3 is 2.90 bits per heavy atom. The fourth-order valence-corrected chi connectivity index (χ4v) is 2.54. The molecule has 0 aromatic heterocycles. The highest BCUT2D eigenvalue weighted by Gasteiger charge is 2.35. The van der Waals surface area contributed by atoms with Gasteiger partial charge in [-0.05, 0) is 25.0 Å². The first-order chi connectivity index (χ1) is 9.63. The molecule has 0 spiro atoms. The van der Waals surface area contributed by atoms with Crippen LogP contribution in [0.2, 0.25) is 0 Å². The zero-order chi connectivity index (χ0) is 14.5. The van der Waals surface area contributed by atoms with Crippen LogP contribution in [0.15, 0.2) is 24.3 Å². The van der Waals surface area contributed by atoms with Gasteiger partial charge in [-0.15, -0.1) is 11.6 Å². The standard InChI is InChI=1S/C15H19ClN2O2/c1-11-5-2-3-6-13(11)18-10-12(9-14(18)19)15(20)17-8-4-7-16/h2-3,5-6,12H,4,7-10H2,1H3,(H,17,20). The third-order valence-electron chi connectivity index (χ3n) is 3.51. The molecule has 1 heterocycles. The molecule has 2 rings (SSSR count). The number of alkyl halides is 1. The van der Waals surface area contributed by atoms with Gasteiger partial charge in [0, 0.05) is 31.1 Å². The van der Waals surface area contributed by atoms with Crippen LogP contribution in [-0.2, 0) is 9.59 Å². The van der Waals surface area contributed by atoms with E-state index in [0.29, 0.717) is 19.0 Å². The molecule has 1 aliphatic rings. The Hall–Kier alpha value is -1.55. The van der Waals surface area contributed by atoms with Crippen LogP contribution in [0, 0.1) is 12.8 Å². The van der Waals surface area contributed by atoms with E-state index in [1.165, 1.54) is 0 Å². The van der Waals surface area contributed by atoms with Crippen LogP contribution in [0.5, 0.6) is 0 Å². The van der Waals surface area contributed by atoms with Crippen molar-refractivity contribution in [1.82, 2.24) is 5.32 Å². The minimum Gasteiger partial charge on any atom is -0.356 e. The average molecular weight is 295 g/mol. The number of para-hydroxylation sites is 1. The van der Waals surface area contributed by atoms with E-state index < -0.39 is 0 Å². The Morgan fingerprint density at radius 1 is 1.45 bits per heavy atom. The zero-order valence-electron chi connectivity index (χ0n) is 11.6. The van der Waals surface area contributed by atoms with Crippen molar-refractivity contribution in [1.29, 1.82) is 0 Å². The summed E-state index contributed by atoms with van der Waals surface area (Å²) < 4.78 is 0. The second-order valence-corrected chi connectivity index (χ2v) is 5.40. The van der Waals surface area contributed by atoms with Gasteiger partial charge in [0.1, 0.15) is 0 Å². The normalized spacial score (nSPS) is 18.4. The van der Waals surface area contributed by atoms with Crippen molar-refractivity contribution >= 4 is 29.1 Å². The van der Waals surface area contributed by atoms with Crippen LogP contribution in [0.4, 0.5) is 5.69 Å². The Morgan fingerprint density at radius 2 is 2.20 bits per heavy atom. The van der Waals surface area contributed by atoms with E-state index in [1.807, 2.05) is 31.2 Å². The highest BCUT2D eigenvalue weighted by molar-refractivity contribution is 6.17. The maximum absolute atomic E-state index is 12.1. The van der Waals surface area contributed by atoms with Crippen LogP contribution in [0.25, 0.3) is 0 Å². The third kappa shape index (κ3) is 3.31. The van der Waals surface area contributed by atoms with E-state index in [9.17, 15) is 9.59 Å². The van der Waals surface area contributed by atoms with E-state index in [-0.39, 0.29) is 24.2 Å². The van der Waals surface area contributed by atoms with Crippen LogP contribution in [0.1, 0.15) is 18.4 Å². The lowest BCUT2D eigenvalue weighted by molar-refractivity contribution is -0.126. The minimum atomic E-state index is -0.266. The maximum Gasteiger partial charge on any atom is 0.227 e. The summed E-state index contributed by atoms with van der Waals surface area (Å²) in [6.45, 7) is 2.99. The van der Waals surface area contributed by atoms with Crippen molar-refractivity contribution in [2.45, 2.75) is 19.8 Å². The molecule has 1 saturated heterocycles. The topological polar surface area (TPSA) is 49.4 Å². The lowest BCUT2D eigenvalue weighted by Gasteiger charge is -2.18. The van der Waals surface area contributed by atoms with Crippen molar-refractivity contribution in [3.8, 4) is 0 Å². The van der Waals surface area contributed by atoms with Crippen molar-refractivity contribution in [3.05, 3.63) is 29.8 Å². The van der Waals surface area contributed by atoms with Gasteiger partial charge in [0.2, 0.25) is 11.8 Å². The SMILES string of the molecule is Cc1ccccc1N1CC(C(=O)NCCCCl)CC1=O. The number of carbonyl (C=O) groups is 2. The molecule has 1 fully saturated rings. The maximum atomic E-state index is 12.1. The molecule has 5 heteroatoms. The second-order valence-electron chi connectivity index (χ2n) is 5.03. The molecule has 1 aromatic carbocycles. The Bertz CT molecular complexity index is 504. The summed E-state index contributed by atoms with van der Waals surface area (Å²) in [6.07, 6.45) is 1.02. The highest BCUT2D eigenvalue weighted by atomic mass is 35.5. The molecule has 1 atom stereocenters. The van der Waals surface area contributed by atoms with Gasteiger partial charge in [0.05, 0.1) is 5.92 Å². The van der Waals surface area contributed by atoms with Gasteiger partial charge in [0.25, 0.3) is 0 Å². The number of hydrogen-bond donors (Lipinski definition) is 1. The molecule has 1 unspecified atom stereocenters. The lowest BCUT2D eigenvalue weighted by Crippen LogP contribution is -2.33. The minimum absolute atomic E-state index is 0.0109. The third-order valence-corrected chi connectivity index (χ3v) is 3.78. The molecular weight excluding hydrogens is 276 g/mol. The number of rotatable bonds is 5. The van der Waals surface area contributed by atoms with Gasteiger partial charge in [-0.25, -0.2) is 0 Å². The number of halogens is 1. The molecule has 0 radical (unpaired) electrons. The molecule has 1 N–H and O–H groups in total. The molecule has 0 saturated carbocycles. The summed E-state index contributed by atoms with van der Waals surface area (Å²) in [5, 5.41) is 2.83. The molecule has 4 nitrogen and oxygen atoms in total. The fraction of sp³-hybridized carbons (Fsp3) is 0.467. The fourth-order valence-electron chi connectivity index (χ4n) is 2.41. The molecule has 1 aliphatic heterocycles. The van der Waals surface area contributed by atoms with Gasteiger partial charge in [-0.3, -0.25) is 9.59 Å². The van der Waals surface area contributed by atoms with E-state index in [1.54, 1.807) is 4.90 Å². The molecule has 108 valence electrons. The average Bonchev–Trinajstić information content (AvgIpc) is 2.81. The molecule has 0 aliphatic carbocycles. The summed E-state index contributed by atoms with van der Waals surface area (Å²) in [5.74, 6) is 0.216. The Kier molecular flexibility index (Phi) is 5.01. The van der Waals surface area contributed by atoms with E-state index in [2.05, 4.69) is 5.32 Å². The number of nitrogens with one attached hydrogen (secondary N) is 1. The molecule has 2 amide bonds. The monoisotopic (exact) mass is 294 g/mol. The van der Waals surface area contributed by atoms with E-state index in [0.717, 1.165) is 17.7 Å². The number of aryl methyl sites for hydroxylation is 1. The predicted octanol–water partition coefficient (Wildman–Crippen LogP) is 2.09. The van der Waals surface area contributed by atoms with Gasteiger partial charge in [-0.1, -0.05) is 18.2 Å². The van der Waals surface area contributed by atoms with Crippen LogP contribution in [0.3, 0.4) is 0 Å². The largest absolute Gasteiger partial charge is 0.356 e. The number of carbonyl (C=O) groups excluding carboxylic acids is 2. The number of benzene rings is 1. The zero-order valence-corrected chi connectivity index (χ0v) is 12.3. The van der Waals surface area contributed by atoms with E-state index in [4.69, 9.17) is 11.6 Å². The van der Waals surface area contributed by atoms with Crippen LogP contribution >= 0.6 is 11.6 Å². The first-order valence-corrected chi connectivity index (χ1v) is 7.36. The van der Waals surface area contributed by atoms with Crippen LogP contribution < -0.4 is 10.2 Å². The van der Waals surface area contributed by atoms with Crippen LogP contribution in [-0.4, -0.2) is 30.8 Å². The van der Waals surface area contributed by atoms with Crippen molar-refractivity contribution in [2.75, 3.05) is 23.9 Å². The molecule has 1 aromatic rings.